The number of H-pyrrole nitrogens is 1. The van der Waals surface area contributed by atoms with Gasteiger partial charge in [0, 0.05) is 17.1 Å². The van der Waals surface area contributed by atoms with Gasteiger partial charge in [0.25, 0.3) is 0 Å². The van der Waals surface area contributed by atoms with Gasteiger partial charge in [0.1, 0.15) is 0 Å². The zero-order valence-electron chi connectivity index (χ0n) is 8.85. The van der Waals surface area contributed by atoms with Crippen molar-refractivity contribution in [2.24, 2.45) is 0 Å². The third kappa shape index (κ3) is 2.42. The van der Waals surface area contributed by atoms with Gasteiger partial charge in [-0.15, -0.1) is 0 Å². The topological polar surface area (TPSA) is 100 Å². The molecule has 6 nitrogen and oxygen atoms in total. The maximum Gasteiger partial charge on any atom is 0.248 e. The molecule has 0 radical (unpaired) electrons. The standard InChI is InChI=1S/C10H10N2O4S/c1-5-2-10(13)12-8-4-7(11)9(3-6(5)8)17-16-15-14/h2-4,14H,11H2,1H3,(H,12,13)/p-1. The first kappa shape index (κ1) is 11.9. The summed E-state index contributed by atoms with van der Waals surface area (Å²) in [7, 11) is 0. The van der Waals surface area contributed by atoms with Crippen molar-refractivity contribution in [2.45, 2.75) is 11.8 Å². The fourth-order valence-electron chi connectivity index (χ4n) is 1.59. The molecular weight excluding hydrogens is 244 g/mol. The van der Waals surface area contributed by atoms with E-state index in [0.717, 1.165) is 23.0 Å². The van der Waals surface area contributed by atoms with E-state index in [4.69, 9.17) is 5.73 Å². The van der Waals surface area contributed by atoms with Gasteiger partial charge in [0.15, 0.2) is 0 Å². The Kier molecular flexibility index (Phi) is 3.34. The van der Waals surface area contributed by atoms with E-state index in [1.54, 1.807) is 12.1 Å². The number of nitrogens with two attached hydrogens (primary N) is 1. The average molecular weight is 253 g/mol. The number of hydrogen-bond donors (Lipinski definition) is 2. The number of nitrogens with one attached hydrogen (secondary N) is 1. The molecule has 1 heterocycles. The monoisotopic (exact) mass is 253 g/mol. The molecule has 0 fully saturated rings. The van der Waals surface area contributed by atoms with Crippen molar-refractivity contribution in [1.82, 2.24) is 4.98 Å². The lowest BCUT2D eigenvalue weighted by atomic mass is 10.1. The molecule has 1 aromatic heterocycles. The molecule has 2 rings (SSSR count). The lowest BCUT2D eigenvalue weighted by Crippen LogP contribution is -2.06. The van der Waals surface area contributed by atoms with E-state index >= 15 is 0 Å². The van der Waals surface area contributed by atoms with Crippen molar-refractivity contribution in [1.29, 1.82) is 0 Å². The normalized spacial score (nSPS) is 10.9. The molecule has 0 atom stereocenters. The van der Waals surface area contributed by atoms with Crippen LogP contribution in [0.4, 0.5) is 5.69 Å². The second-order valence-electron chi connectivity index (χ2n) is 3.47. The maximum atomic E-state index is 11.3. The highest BCUT2D eigenvalue weighted by Gasteiger charge is 2.07. The number of nitrogen functional groups attached to an aromatic ring is 1. The van der Waals surface area contributed by atoms with Gasteiger partial charge in [-0.25, -0.2) is 0 Å². The van der Waals surface area contributed by atoms with Crippen molar-refractivity contribution in [3.8, 4) is 0 Å². The molecule has 0 amide bonds. The summed E-state index contributed by atoms with van der Waals surface area (Å²) in [5.74, 6) is 0. The van der Waals surface area contributed by atoms with Crippen LogP contribution in [0.3, 0.4) is 0 Å². The van der Waals surface area contributed by atoms with Crippen molar-refractivity contribution < 1.29 is 14.6 Å². The second kappa shape index (κ2) is 4.76. The number of aromatic nitrogens is 1. The van der Waals surface area contributed by atoms with E-state index in [-0.39, 0.29) is 5.56 Å². The Bertz CT molecular complexity index is 611. The largest absolute Gasteiger partial charge is 0.691 e. The molecule has 0 aliphatic rings. The third-order valence-electron chi connectivity index (χ3n) is 2.33. The molecule has 1 aromatic carbocycles. The molecule has 90 valence electrons. The van der Waals surface area contributed by atoms with Crippen LogP contribution in [0.25, 0.3) is 10.9 Å². The Morgan fingerprint density at radius 3 is 2.88 bits per heavy atom. The third-order valence-corrected chi connectivity index (χ3v) is 2.99. The van der Waals surface area contributed by atoms with E-state index in [1.807, 2.05) is 6.92 Å². The molecule has 7 heteroatoms. The highest BCUT2D eigenvalue weighted by Crippen LogP contribution is 2.30. The van der Waals surface area contributed by atoms with Gasteiger partial charge in [-0.1, -0.05) is 0 Å². The summed E-state index contributed by atoms with van der Waals surface area (Å²) in [6, 6.07) is 4.82. The quantitative estimate of drug-likeness (QED) is 0.360. The number of pyridine rings is 1. The Morgan fingerprint density at radius 2 is 2.18 bits per heavy atom. The minimum atomic E-state index is -0.186. The average Bonchev–Trinajstić information content (AvgIpc) is 2.26. The summed E-state index contributed by atoms with van der Waals surface area (Å²) < 4.78 is 4.22. The SMILES string of the molecule is Cc1cc(=O)[nH]c2cc(N)c(SOO[O-])cc12. The number of fused-ring (bicyclic) bond motifs is 1. The van der Waals surface area contributed by atoms with Gasteiger partial charge in [0.2, 0.25) is 5.56 Å². The highest BCUT2D eigenvalue weighted by atomic mass is 32.2. The van der Waals surface area contributed by atoms with Crippen molar-refractivity contribution >= 4 is 28.6 Å². The molecule has 17 heavy (non-hydrogen) atoms. The summed E-state index contributed by atoms with van der Waals surface area (Å²) in [5.41, 5.74) is 7.40. The molecule has 0 bridgehead atoms. The van der Waals surface area contributed by atoms with Gasteiger partial charge in [-0.05, 0) is 24.6 Å². The summed E-state index contributed by atoms with van der Waals surface area (Å²) in [5, 5.41) is 13.8. The number of aryl methyl sites for hydroxylation is 1. The molecule has 0 aliphatic carbocycles. The molecule has 0 unspecified atom stereocenters. The highest BCUT2D eigenvalue weighted by molar-refractivity contribution is 7.94. The van der Waals surface area contributed by atoms with Crippen molar-refractivity contribution in [3.63, 3.8) is 0 Å². The van der Waals surface area contributed by atoms with Crippen LogP contribution in [-0.2, 0) is 9.37 Å². The number of rotatable bonds is 3. The predicted molar refractivity (Wildman–Crippen MR) is 61.7 cm³/mol. The first-order valence-corrected chi connectivity index (χ1v) is 5.42. The van der Waals surface area contributed by atoms with Crippen LogP contribution in [0.15, 0.2) is 27.9 Å². The number of hydrogen-bond acceptors (Lipinski definition) is 6. The molecule has 0 saturated carbocycles. The fourth-order valence-corrected chi connectivity index (χ4v) is 2.01. The zero-order chi connectivity index (χ0) is 12.4. The van der Waals surface area contributed by atoms with Gasteiger partial charge >= 0.3 is 0 Å². The Labute approximate surface area is 100 Å². The fraction of sp³-hybridized carbons (Fsp3) is 0.100. The second-order valence-corrected chi connectivity index (χ2v) is 4.21. The van der Waals surface area contributed by atoms with Crippen LogP contribution < -0.4 is 16.6 Å². The predicted octanol–water partition coefficient (Wildman–Crippen LogP) is 0.649. The van der Waals surface area contributed by atoms with Crippen molar-refractivity contribution in [3.05, 3.63) is 34.1 Å². The number of benzene rings is 1. The van der Waals surface area contributed by atoms with Gasteiger partial charge in [-0.2, -0.15) is 4.33 Å². The smallest absolute Gasteiger partial charge is 0.248 e. The summed E-state index contributed by atoms with van der Waals surface area (Å²) >= 11 is 0.723. The van der Waals surface area contributed by atoms with Crippen LogP contribution in [0.5, 0.6) is 0 Å². The van der Waals surface area contributed by atoms with Gasteiger partial charge < -0.3 is 16.0 Å². The Hall–Kier alpha value is -1.54. The van der Waals surface area contributed by atoms with Crippen LogP contribution in [0, 0.1) is 6.92 Å². The van der Waals surface area contributed by atoms with Gasteiger partial charge in [-0.3, -0.25) is 9.83 Å². The molecule has 0 saturated heterocycles. The molecule has 0 aliphatic heterocycles. The summed E-state index contributed by atoms with van der Waals surface area (Å²) in [6.07, 6.45) is 0. The molecule has 3 N–H and O–H groups in total. The Morgan fingerprint density at radius 1 is 1.41 bits per heavy atom. The van der Waals surface area contributed by atoms with E-state index in [1.165, 1.54) is 6.07 Å². The molecular formula is C10H9N2O4S-. The summed E-state index contributed by atoms with van der Waals surface area (Å²) in [6.45, 7) is 1.81. The van der Waals surface area contributed by atoms with E-state index in [0.29, 0.717) is 16.1 Å². The molecule has 0 spiro atoms. The minimum Gasteiger partial charge on any atom is -0.691 e. The van der Waals surface area contributed by atoms with Crippen LogP contribution >= 0.6 is 12.0 Å². The van der Waals surface area contributed by atoms with Crippen molar-refractivity contribution in [2.75, 3.05) is 5.73 Å². The number of anilines is 1. The van der Waals surface area contributed by atoms with Crippen LogP contribution in [0.1, 0.15) is 5.56 Å². The van der Waals surface area contributed by atoms with Gasteiger partial charge in [0.05, 0.1) is 22.5 Å². The first-order chi connectivity index (χ1) is 8.11. The lowest BCUT2D eigenvalue weighted by molar-refractivity contribution is -0.777. The maximum absolute atomic E-state index is 11.3. The Balaban J connectivity index is 2.59. The van der Waals surface area contributed by atoms with E-state index in [9.17, 15) is 10.1 Å². The summed E-state index contributed by atoms with van der Waals surface area (Å²) in [4.78, 5) is 14.5. The van der Waals surface area contributed by atoms with E-state index < -0.39 is 0 Å². The van der Waals surface area contributed by atoms with Crippen LogP contribution in [0.2, 0.25) is 0 Å². The van der Waals surface area contributed by atoms with E-state index in [2.05, 4.69) is 14.4 Å². The lowest BCUT2D eigenvalue weighted by Gasteiger charge is -2.09. The van der Waals surface area contributed by atoms with Crippen LogP contribution in [-0.4, -0.2) is 4.98 Å². The number of aromatic amines is 1. The minimum absolute atomic E-state index is 0.186. The molecule has 2 aromatic rings. The first-order valence-electron chi connectivity index (χ1n) is 4.68. The zero-order valence-corrected chi connectivity index (χ0v) is 9.67.